The van der Waals surface area contributed by atoms with E-state index in [9.17, 15) is 9.90 Å². The summed E-state index contributed by atoms with van der Waals surface area (Å²) in [4.78, 5) is 12.2. The van der Waals surface area contributed by atoms with E-state index in [1.165, 1.54) is 0 Å². The van der Waals surface area contributed by atoms with Crippen molar-refractivity contribution < 1.29 is 9.90 Å². The molecule has 2 heteroatoms. The Morgan fingerprint density at radius 3 is 1.93 bits per heavy atom. The van der Waals surface area contributed by atoms with Crippen molar-refractivity contribution in [2.75, 3.05) is 0 Å². The number of hydrogen-bond acceptors (Lipinski definition) is 2. The van der Waals surface area contributed by atoms with Gasteiger partial charge >= 0.3 is 0 Å². The Bertz CT molecular complexity index is 260. The van der Waals surface area contributed by atoms with E-state index < -0.39 is 5.60 Å². The summed E-state index contributed by atoms with van der Waals surface area (Å²) in [6, 6.07) is 0. The number of carbonyl (C=O) groups is 1. The van der Waals surface area contributed by atoms with Gasteiger partial charge in [-0.25, -0.2) is 0 Å². The summed E-state index contributed by atoms with van der Waals surface area (Å²) in [6.45, 7) is 11.7. The Balaban J connectivity index is 3.15. The van der Waals surface area contributed by atoms with Crippen LogP contribution in [0.3, 0.4) is 0 Å². The fourth-order valence-corrected chi connectivity index (χ4v) is 2.19. The molecular formula is C12H22O2. The Morgan fingerprint density at radius 1 is 1.36 bits per heavy atom. The minimum absolute atomic E-state index is 0.00463. The van der Waals surface area contributed by atoms with Crippen LogP contribution in [-0.4, -0.2) is 16.5 Å². The van der Waals surface area contributed by atoms with Gasteiger partial charge in [-0.3, -0.25) is 4.79 Å². The molecule has 1 fully saturated rings. The van der Waals surface area contributed by atoms with Gasteiger partial charge in [0.2, 0.25) is 0 Å². The number of Topliss-reactive ketones (excluding diaryl/α,β-unsaturated/α-hetero) is 1. The fraction of sp³-hybridized carbons (Fsp3) is 0.917. The molecule has 0 heterocycles. The third-order valence-corrected chi connectivity index (χ3v) is 4.04. The normalized spacial score (nSPS) is 37.6. The molecule has 1 unspecified atom stereocenters. The predicted octanol–water partition coefficient (Wildman–Crippen LogP) is 2.40. The van der Waals surface area contributed by atoms with E-state index in [0.717, 1.165) is 0 Å². The summed E-state index contributed by atoms with van der Waals surface area (Å²) in [6.07, 6.45) is 0.586. The lowest BCUT2D eigenvalue weighted by molar-refractivity contribution is -0.150. The smallest absolute Gasteiger partial charge is 0.170 e. The second-order valence-electron chi connectivity index (χ2n) is 6.27. The second-order valence-corrected chi connectivity index (χ2v) is 6.27. The highest BCUT2D eigenvalue weighted by molar-refractivity contribution is 5.95. The topological polar surface area (TPSA) is 37.3 Å². The summed E-state index contributed by atoms with van der Waals surface area (Å²) in [5.41, 5.74) is -1.90. The van der Waals surface area contributed by atoms with Gasteiger partial charge in [0.05, 0.1) is 0 Å². The highest BCUT2D eigenvalue weighted by Crippen LogP contribution is 2.51. The molecule has 1 aliphatic rings. The zero-order chi connectivity index (χ0) is 11.4. The van der Waals surface area contributed by atoms with E-state index in [-0.39, 0.29) is 22.5 Å². The maximum absolute atomic E-state index is 12.2. The van der Waals surface area contributed by atoms with Gasteiger partial charge in [-0.15, -0.1) is 0 Å². The first-order valence-electron chi connectivity index (χ1n) is 5.31. The highest BCUT2D eigenvalue weighted by atomic mass is 16.3. The van der Waals surface area contributed by atoms with Crippen molar-refractivity contribution in [3.8, 4) is 0 Å². The zero-order valence-electron chi connectivity index (χ0n) is 10.1. The quantitative estimate of drug-likeness (QED) is 0.649. The van der Waals surface area contributed by atoms with Crippen molar-refractivity contribution in [3.05, 3.63) is 0 Å². The fourth-order valence-electron chi connectivity index (χ4n) is 2.19. The average molecular weight is 198 g/mol. The minimum Gasteiger partial charge on any atom is -0.381 e. The van der Waals surface area contributed by atoms with E-state index >= 15 is 0 Å². The van der Waals surface area contributed by atoms with Crippen LogP contribution in [0, 0.1) is 16.7 Å². The number of ketones is 1. The molecule has 1 saturated carbocycles. The molecule has 0 bridgehead atoms. The van der Waals surface area contributed by atoms with E-state index in [0.29, 0.717) is 6.42 Å². The van der Waals surface area contributed by atoms with Gasteiger partial charge in [-0.2, -0.15) is 0 Å². The molecule has 2 atom stereocenters. The summed E-state index contributed by atoms with van der Waals surface area (Å²) >= 11 is 0. The monoisotopic (exact) mass is 198 g/mol. The number of rotatable bonds is 0. The molecule has 0 spiro atoms. The molecule has 0 aliphatic heterocycles. The third-order valence-electron chi connectivity index (χ3n) is 4.04. The van der Waals surface area contributed by atoms with Crippen molar-refractivity contribution in [1.29, 1.82) is 0 Å². The van der Waals surface area contributed by atoms with Crippen molar-refractivity contribution >= 4 is 5.78 Å². The van der Waals surface area contributed by atoms with Crippen LogP contribution >= 0.6 is 0 Å². The molecule has 0 aromatic rings. The lowest BCUT2D eigenvalue weighted by atomic mass is 9.72. The average Bonchev–Trinajstić information content (AvgIpc) is 2.12. The van der Waals surface area contributed by atoms with Crippen molar-refractivity contribution in [2.45, 2.75) is 53.6 Å². The van der Waals surface area contributed by atoms with Gasteiger partial charge in [-0.1, -0.05) is 41.5 Å². The molecule has 0 amide bonds. The third kappa shape index (κ3) is 1.31. The number of carbonyl (C=O) groups excluding carboxylic acids is 1. The Labute approximate surface area is 86.7 Å². The summed E-state index contributed by atoms with van der Waals surface area (Å²) in [5.74, 6) is 0.254. The Kier molecular flexibility index (Phi) is 2.35. The van der Waals surface area contributed by atoms with E-state index in [1.54, 1.807) is 0 Å². The molecule has 2 nitrogen and oxygen atoms in total. The molecule has 0 radical (unpaired) electrons. The molecule has 0 aromatic carbocycles. The van der Waals surface area contributed by atoms with Gasteiger partial charge in [-0.05, 0) is 17.8 Å². The van der Waals surface area contributed by atoms with Crippen molar-refractivity contribution in [1.82, 2.24) is 0 Å². The van der Waals surface area contributed by atoms with Crippen LogP contribution in [-0.2, 0) is 4.79 Å². The lowest BCUT2D eigenvalue weighted by Gasteiger charge is -2.36. The van der Waals surface area contributed by atoms with Crippen LogP contribution in [0.2, 0.25) is 0 Å². The maximum atomic E-state index is 12.2. The molecule has 0 aromatic heterocycles. The van der Waals surface area contributed by atoms with Crippen LogP contribution in [0.25, 0.3) is 0 Å². The van der Waals surface area contributed by atoms with Crippen molar-refractivity contribution in [2.24, 2.45) is 16.7 Å². The Hall–Kier alpha value is -0.370. The first-order valence-corrected chi connectivity index (χ1v) is 5.31. The first-order chi connectivity index (χ1) is 6.03. The number of aliphatic hydroxyl groups is 1. The van der Waals surface area contributed by atoms with Gasteiger partial charge in [0, 0.05) is 5.41 Å². The molecule has 1 rings (SSSR count). The molecule has 14 heavy (non-hydrogen) atoms. The lowest BCUT2D eigenvalue weighted by Crippen LogP contribution is -2.49. The molecular weight excluding hydrogens is 176 g/mol. The van der Waals surface area contributed by atoms with Gasteiger partial charge < -0.3 is 5.11 Å². The van der Waals surface area contributed by atoms with E-state index in [1.807, 2.05) is 41.5 Å². The number of hydrogen-bond donors (Lipinski definition) is 1. The van der Waals surface area contributed by atoms with Crippen LogP contribution in [0.15, 0.2) is 0 Å². The van der Waals surface area contributed by atoms with Gasteiger partial charge in [0.1, 0.15) is 5.60 Å². The van der Waals surface area contributed by atoms with E-state index in [2.05, 4.69) is 0 Å². The standard InChI is InChI=1S/C12H22O2/c1-8-7-12(14,10(2,3)4)9(13)11(8,5)6/h8,14H,7H2,1-6H3/t8-,12?/m0/s1. The highest BCUT2D eigenvalue weighted by Gasteiger charge is 2.59. The van der Waals surface area contributed by atoms with Gasteiger partial charge in [0.15, 0.2) is 5.78 Å². The van der Waals surface area contributed by atoms with E-state index in [4.69, 9.17) is 0 Å². The SMILES string of the molecule is C[C@H]1CC(O)(C(C)(C)C)C(=O)C1(C)C. The van der Waals surface area contributed by atoms with Crippen molar-refractivity contribution in [3.63, 3.8) is 0 Å². The Morgan fingerprint density at radius 2 is 1.79 bits per heavy atom. The largest absolute Gasteiger partial charge is 0.381 e. The zero-order valence-corrected chi connectivity index (χ0v) is 10.1. The summed E-state index contributed by atoms with van der Waals surface area (Å²) in [7, 11) is 0. The molecule has 1 aliphatic carbocycles. The maximum Gasteiger partial charge on any atom is 0.170 e. The predicted molar refractivity (Wildman–Crippen MR) is 57.0 cm³/mol. The summed E-state index contributed by atoms with van der Waals surface area (Å²) < 4.78 is 0. The summed E-state index contributed by atoms with van der Waals surface area (Å²) in [5, 5.41) is 10.5. The van der Waals surface area contributed by atoms with Crippen LogP contribution in [0.1, 0.15) is 48.0 Å². The van der Waals surface area contributed by atoms with Crippen LogP contribution in [0.5, 0.6) is 0 Å². The second kappa shape index (κ2) is 2.82. The van der Waals surface area contributed by atoms with Crippen LogP contribution in [0.4, 0.5) is 0 Å². The molecule has 0 saturated heterocycles. The van der Waals surface area contributed by atoms with Gasteiger partial charge in [0.25, 0.3) is 0 Å². The molecule has 82 valence electrons. The minimum atomic E-state index is -1.14. The van der Waals surface area contributed by atoms with Crippen LogP contribution < -0.4 is 0 Å². The first kappa shape index (κ1) is 11.7. The molecule has 1 N–H and O–H groups in total.